The molecule has 0 spiro atoms. The van der Waals surface area contributed by atoms with Gasteiger partial charge in [-0.1, -0.05) is 29.3 Å². The van der Waals surface area contributed by atoms with Crippen LogP contribution in [-0.4, -0.2) is 60.2 Å². The maximum absolute atomic E-state index is 13.2. The van der Waals surface area contributed by atoms with Gasteiger partial charge in [0.2, 0.25) is 11.8 Å². The fourth-order valence-corrected chi connectivity index (χ4v) is 4.32. The second-order valence-corrected chi connectivity index (χ2v) is 8.39. The van der Waals surface area contributed by atoms with Gasteiger partial charge in [0.05, 0.1) is 16.5 Å². The predicted molar refractivity (Wildman–Crippen MR) is 116 cm³/mol. The molecule has 6 nitrogen and oxygen atoms in total. The molecule has 8 heteroatoms. The molecule has 1 atom stereocenters. The van der Waals surface area contributed by atoms with E-state index in [9.17, 15) is 18.8 Å². The van der Waals surface area contributed by atoms with Crippen molar-refractivity contribution in [2.75, 3.05) is 37.6 Å². The molecule has 2 aliphatic rings. The van der Waals surface area contributed by atoms with E-state index < -0.39 is 5.82 Å². The molecule has 0 saturated carbocycles. The molecule has 2 heterocycles. The molecule has 2 aliphatic heterocycles. The summed E-state index contributed by atoms with van der Waals surface area (Å²) in [7, 11) is 0. The number of hydrogen-bond acceptors (Lipinski definition) is 3. The van der Waals surface area contributed by atoms with Gasteiger partial charge in [0.15, 0.2) is 0 Å². The van der Waals surface area contributed by atoms with Gasteiger partial charge in [-0.25, -0.2) is 4.39 Å². The second-order valence-electron chi connectivity index (χ2n) is 7.98. The summed E-state index contributed by atoms with van der Waals surface area (Å²) in [6, 6.07) is 11.4. The number of halogens is 2. The molecule has 2 saturated heterocycles. The fourth-order valence-electron chi connectivity index (χ4n) is 4.07. The van der Waals surface area contributed by atoms with Crippen LogP contribution in [0.4, 0.5) is 10.1 Å². The van der Waals surface area contributed by atoms with Crippen LogP contribution in [-0.2, 0) is 9.59 Å². The van der Waals surface area contributed by atoms with E-state index in [1.165, 1.54) is 12.1 Å². The Morgan fingerprint density at radius 2 is 1.65 bits per heavy atom. The number of rotatable bonds is 3. The average molecular weight is 444 g/mol. The molecule has 2 aromatic carbocycles. The van der Waals surface area contributed by atoms with Crippen LogP contribution in [0.15, 0.2) is 42.5 Å². The second kappa shape index (κ2) is 8.67. The van der Waals surface area contributed by atoms with Crippen LogP contribution in [0.1, 0.15) is 22.3 Å². The molecule has 0 aromatic heterocycles. The zero-order valence-electron chi connectivity index (χ0n) is 17.2. The molecule has 1 unspecified atom stereocenters. The number of benzene rings is 2. The highest BCUT2D eigenvalue weighted by molar-refractivity contribution is 6.33. The lowest BCUT2D eigenvalue weighted by molar-refractivity contribution is -0.137. The molecule has 2 fully saturated rings. The Bertz CT molecular complexity index is 1020. The summed E-state index contributed by atoms with van der Waals surface area (Å²) < 4.78 is 13.2. The van der Waals surface area contributed by atoms with Gasteiger partial charge in [-0.3, -0.25) is 14.4 Å². The highest BCUT2D eigenvalue weighted by Gasteiger charge is 2.38. The Kier molecular flexibility index (Phi) is 5.96. The van der Waals surface area contributed by atoms with E-state index >= 15 is 0 Å². The van der Waals surface area contributed by atoms with Crippen molar-refractivity contribution in [1.29, 1.82) is 0 Å². The van der Waals surface area contributed by atoms with Crippen molar-refractivity contribution in [3.63, 3.8) is 0 Å². The largest absolute Gasteiger partial charge is 0.339 e. The minimum Gasteiger partial charge on any atom is -0.339 e. The van der Waals surface area contributed by atoms with E-state index in [0.29, 0.717) is 32.7 Å². The molecule has 0 radical (unpaired) electrons. The maximum Gasteiger partial charge on any atom is 0.255 e. The van der Waals surface area contributed by atoms with Crippen molar-refractivity contribution >= 4 is 35.0 Å². The molecule has 2 aromatic rings. The molecular weight excluding hydrogens is 421 g/mol. The number of carbonyl (C=O) groups is 3. The number of piperazine rings is 1. The summed E-state index contributed by atoms with van der Waals surface area (Å²) in [5.74, 6) is -1.28. The van der Waals surface area contributed by atoms with Gasteiger partial charge in [0, 0.05) is 44.8 Å². The lowest BCUT2D eigenvalue weighted by Crippen LogP contribution is -2.52. The summed E-state index contributed by atoms with van der Waals surface area (Å²) in [5.41, 5.74) is 2.16. The first-order valence-corrected chi connectivity index (χ1v) is 10.6. The summed E-state index contributed by atoms with van der Waals surface area (Å²) in [5, 5.41) is 0.0733. The van der Waals surface area contributed by atoms with Gasteiger partial charge in [-0.2, -0.15) is 0 Å². The van der Waals surface area contributed by atoms with Crippen LogP contribution >= 0.6 is 11.6 Å². The highest BCUT2D eigenvalue weighted by Crippen LogP contribution is 2.27. The quantitative estimate of drug-likeness (QED) is 0.732. The standard InChI is InChI=1S/C23H23ClFN3O3/c1-15-2-5-18(6-3-15)28-14-16(12-21(28)29)22(30)26-8-10-27(11-9-26)23(31)19-7-4-17(25)13-20(19)24/h2-7,13,16H,8-12,14H2,1H3. The minimum absolute atomic E-state index is 0.0537. The monoisotopic (exact) mass is 443 g/mol. The molecule has 0 bridgehead atoms. The van der Waals surface area contributed by atoms with Crippen molar-refractivity contribution in [3.05, 3.63) is 64.4 Å². The summed E-state index contributed by atoms with van der Waals surface area (Å²) in [4.78, 5) is 43.2. The van der Waals surface area contributed by atoms with Crippen LogP contribution in [0.5, 0.6) is 0 Å². The average Bonchev–Trinajstić information content (AvgIpc) is 3.15. The zero-order valence-corrected chi connectivity index (χ0v) is 17.9. The SMILES string of the molecule is Cc1ccc(N2CC(C(=O)N3CCN(C(=O)c4ccc(F)cc4Cl)CC3)CC2=O)cc1. The molecule has 0 N–H and O–H groups in total. The van der Waals surface area contributed by atoms with Gasteiger partial charge in [0.25, 0.3) is 5.91 Å². The Balaban J connectivity index is 1.35. The van der Waals surface area contributed by atoms with Crippen LogP contribution in [0.3, 0.4) is 0 Å². The lowest BCUT2D eigenvalue weighted by atomic mass is 10.1. The van der Waals surface area contributed by atoms with Crippen molar-refractivity contribution in [3.8, 4) is 0 Å². The Morgan fingerprint density at radius 3 is 2.29 bits per heavy atom. The molecule has 3 amide bonds. The highest BCUT2D eigenvalue weighted by atomic mass is 35.5. The minimum atomic E-state index is -0.497. The summed E-state index contributed by atoms with van der Waals surface area (Å²) >= 11 is 6.01. The number of amides is 3. The molecule has 162 valence electrons. The number of aryl methyl sites for hydroxylation is 1. The van der Waals surface area contributed by atoms with Crippen LogP contribution in [0.25, 0.3) is 0 Å². The van der Waals surface area contributed by atoms with E-state index in [1.54, 1.807) is 14.7 Å². The normalized spacial score (nSPS) is 19.1. The third-order valence-electron chi connectivity index (χ3n) is 5.86. The van der Waals surface area contributed by atoms with Crippen molar-refractivity contribution in [1.82, 2.24) is 9.80 Å². The van der Waals surface area contributed by atoms with E-state index in [0.717, 1.165) is 17.3 Å². The van der Waals surface area contributed by atoms with Crippen LogP contribution in [0.2, 0.25) is 5.02 Å². The summed E-state index contributed by atoms with van der Waals surface area (Å²) in [6.45, 7) is 3.85. The molecular formula is C23H23ClFN3O3. The molecule has 0 aliphatic carbocycles. The van der Waals surface area contributed by atoms with Crippen molar-refractivity contribution < 1.29 is 18.8 Å². The van der Waals surface area contributed by atoms with Gasteiger partial charge in [-0.05, 0) is 37.3 Å². The summed E-state index contributed by atoms with van der Waals surface area (Å²) in [6.07, 6.45) is 0.192. The first-order chi connectivity index (χ1) is 14.8. The zero-order chi connectivity index (χ0) is 22.1. The number of hydrogen-bond donors (Lipinski definition) is 0. The number of anilines is 1. The Morgan fingerprint density at radius 1 is 1.00 bits per heavy atom. The van der Waals surface area contributed by atoms with E-state index in [-0.39, 0.29) is 40.6 Å². The van der Waals surface area contributed by atoms with E-state index in [2.05, 4.69) is 0 Å². The van der Waals surface area contributed by atoms with Gasteiger partial charge >= 0.3 is 0 Å². The first kappa shape index (κ1) is 21.3. The van der Waals surface area contributed by atoms with Crippen LogP contribution < -0.4 is 4.90 Å². The Labute approximate surface area is 185 Å². The lowest BCUT2D eigenvalue weighted by Gasteiger charge is -2.36. The first-order valence-electron chi connectivity index (χ1n) is 10.2. The Hall–Kier alpha value is -2.93. The predicted octanol–water partition coefficient (Wildman–Crippen LogP) is 3.13. The number of carbonyl (C=O) groups excluding carboxylic acids is 3. The topological polar surface area (TPSA) is 60.9 Å². The maximum atomic E-state index is 13.2. The van der Waals surface area contributed by atoms with E-state index in [1.807, 2.05) is 31.2 Å². The fraction of sp³-hybridized carbons (Fsp3) is 0.348. The van der Waals surface area contributed by atoms with Gasteiger partial charge < -0.3 is 14.7 Å². The number of nitrogens with zero attached hydrogens (tertiary/aromatic N) is 3. The van der Waals surface area contributed by atoms with Gasteiger partial charge in [-0.15, -0.1) is 0 Å². The molecule has 4 rings (SSSR count). The third-order valence-corrected chi connectivity index (χ3v) is 6.17. The van der Waals surface area contributed by atoms with Crippen molar-refractivity contribution in [2.24, 2.45) is 5.92 Å². The third kappa shape index (κ3) is 4.42. The van der Waals surface area contributed by atoms with Crippen molar-refractivity contribution in [2.45, 2.75) is 13.3 Å². The van der Waals surface area contributed by atoms with Gasteiger partial charge in [0.1, 0.15) is 5.82 Å². The van der Waals surface area contributed by atoms with Crippen LogP contribution in [0, 0.1) is 18.7 Å². The smallest absolute Gasteiger partial charge is 0.255 e. The van der Waals surface area contributed by atoms with E-state index in [4.69, 9.17) is 11.6 Å². The molecule has 31 heavy (non-hydrogen) atoms.